The SMILES string of the molecule is COc1ccc(NC(=O)CSCc2nc(-c3ccc(OC)c(OC)c3)no2)cc1. The largest absolute Gasteiger partial charge is 0.497 e. The molecule has 29 heavy (non-hydrogen) atoms. The van der Waals surface area contributed by atoms with Crippen molar-refractivity contribution < 1.29 is 23.5 Å². The Bertz CT molecular complexity index is 959. The fraction of sp³-hybridized carbons (Fsp3) is 0.250. The second-order valence-corrected chi connectivity index (χ2v) is 6.84. The number of thioether (sulfide) groups is 1. The van der Waals surface area contributed by atoms with Gasteiger partial charge in [-0.25, -0.2) is 0 Å². The molecular formula is C20H21N3O5S. The first-order valence-corrected chi connectivity index (χ1v) is 9.85. The molecule has 3 aromatic rings. The minimum Gasteiger partial charge on any atom is -0.497 e. The molecule has 152 valence electrons. The van der Waals surface area contributed by atoms with Crippen LogP contribution in [0.3, 0.4) is 0 Å². The molecule has 8 nitrogen and oxygen atoms in total. The third kappa shape index (κ3) is 5.41. The summed E-state index contributed by atoms with van der Waals surface area (Å²) in [7, 11) is 4.74. The van der Waals surface area contributed by atoms with Crippen LogP contribution >= 0.6 is 11.8 Å². The van der Waals surface area contributed by atoms with Crippen molar-refractivity contribution in [3.63, 3.8) is 0 Å². The fourth-order valence-corrected chi connectivity index (χ4v) is 3.16. The number of ether oxygens (including phenoxy) is 3. The number of rotatable bonds is 9. The standard InChI is InChI=1S/C20H21N3O5S/c1-25-15-7-5-14(6-8-15)21-18(24)11-29-12-19-22-20(23-28-19)13-4-9-16(26-2)17(10-13)27-3/h4-10H,11-12H2,1-3H3,(H,21,24). The second kappa shape index (κ2) is 9.83. The van der Waals surface area contributed by atoms with Gasteiger partial charge in [0.2, 0.25) is 17.6 Å². The highest BCUT2D eigenvalue weighted by atomic mass is 32.2. The van der Waals surface area contributed by atoms with Crippen LogP contribution in [0.4, 0.5) is 5.69 Å². The van der Waals surface area contributed by atoms with Gasteiger partial charge >= 0.3 is 0 Å². The number of hydrogen-bond donors (Lipinski definition) is 1. The summed E-state index contributed by atoms with van der Waals surface area (Å²) in [5.41, 5.74) is 1.46. The highest BCUT2D eigenvalue weighted by Crippen LogP contribution is 2.31. The van der Waals surface area contributed by atoms with Crippen LogP contribution in [0.25, 0.3) is 11.4 Å². The van der Waals surface area contributed by atoms with Crippen molar-refractivity contribution in [3.8, 4) is 28.6 Å². The van der Waals surface area contributed by atoms with Crippen molar-refractivity contribution >= 4 is 23.4 Å². The lowest BCUT2D eigenvalue weighted by molar-refractivity contribution is -0.113. The van der Waals surface area contributed by atoms with E-state index in [0.29, 0.717) is 34.7 Å². The number of amides is 1. The van der Waals surface area contributed by atoms with Gasteiger partial charge in [0.15, 0.2) is 11.5 Å². The smallest absolute Gasteiger partial charge is 0.236 e. The van der Waals surface area contributed by atoms with E-state index in [1.165, 1.54) is 11.8 Å². The highest BCUT2D eigenvalue weighted by molar-refractivity contribution is 7.99. The molecule has 0 bridgehead atoms. The summed E-state index contributed by atoms with van der Waals surface area (Å²) in [6.45, 7) is 0. The zero-order chi connectivity index (χ0) is 20.6. The fourth-order valence-electron chi connectivity index (χ4n) is 2.51. The maximum absolute atomic E-state index is 12.1. The normalized spacial score (nSPS) is 10.4. The van der Waals surface area contributed by atoms with E-state index in [4.69, 9.17) is 18.7 Å². The van der Waals surface area contributed by atoms with E-state index in [-0.39, 0.29) is 11.7 Å². The molecule has 0 spiro atoms. The Balaban J connectivity index is 1.52. The van der Waals surface area contributed by atoms with E-state index in [2.05, 4.69) is 15.5 Å². The first kappa shape index (κ1) is 20.5. The Kier molecular flexibility index (Phi) is 6.96. The minimum atomic E-state index is -0.111. The van der Waals surface area contributed by atoms with Crippen molar-refractivity contribution in [2.45, 2.75) is 5.75 Å². The Morgan fingerprint density at radius 2 is 1.79 bits per heavy atom. The van der Waals surface area contributed by atoms with Gasteiger partial charge in [0, 0.05) is 11.3 Å². The minimum absolute atomic E-state index is 0.111. The summed E-state index contributed by atoms with van der Waals surface area (Å²) < 4.78 is 20.9. The zero-order valence-corrected chi connectivity index (χ0v) is 17.1. The molecule has 1 aromatic heterocycles. The van der Waals surface area contributed by atoms with Gasteiger partial charge in [-0.05, 0) is 42.5 Å². The van der Waals surface area contributed by atoms with Crippen molar-refractivity contribution in [1.82, 2.24) is 10.1 Å². The predicted molar refractivity (Wildman–Crippen MR) is 111 cm³/mol. The highest BCUT2D eigenvalue weighted by Gasteiger charge is 2.13. The number of nitrogens with zero attached hydrogens (tertiary/aromatic N) is 2. The van der Waals surface area contributed by atoms with E-state index >= 15 is 0 Å². The Hall–Kier alpha value is -3.20. The van der Waals surface area contributed by atoms with Crippen molar-refractivity contribution in [3.05, 3.63) is 48.4 Å². The molecular weight excluding hydrogens is 394 g/mol. The summed E-state index contributed by atoms with van der Waals surface area (Å²) in [6, 6.07) is 12.5. The number of carbonyl (C=O) groups excluding carboxylic acids is 1. The lowest BCUT2D eigenvalue weighted by atomic mass is 10.2. The van der Waals surface area contributed by atoms with Gasteiger partial charge in [-0.1, -0.05) is 5.16 Å². The molecule has 1 amide bonds. The molecule has 2 aromatic carbocycles. The molecule has 3 rings (SSSR count). The van der Waals surface area contributed by atoms with Crippen LogP contribution in [-0.2, 0) is 10.5 Å². The maximum atomic E-state index is 12.1. The van der Waals surface area contributed by atoms with E-state index in [0.717, 1.165) is 11.3 Å². The van der Waals surface area contributed by atoms with Crippen LogP contribution < -0.4 is 19.5 Å². The van der Waals surface area contributed by atoms with Crippen LogP contribution in [0.15, 0.2) is 47.0 Å². The quantitative estimate of drug-likeness (QED) is 0.566. The van der Waals surface area contributed by atoms with Crippen molar-refractivity contribution in [2.75, 3.05) is 32.4 Å². The van der Waals surface area contributed by atoms with Crippen LogP contribution in [0.5, 0.6) is 17.2 Å². The van der Waals surface area contributed by atoms with Crippen LogP contribution in [-0.4, -0.2) is 43.1 Å². The average molecular weight is 415 g/mol. The molecule has 0 radical (unpaired) electrons. The molecule has 1 N–H and O–H groups in total. The van der Waals surface area contributed by atoms with Gasteiger partial charge in [-0.15, -0.1) is 11.8 Å². The van der Waals surface area contributed by atoms with Crippen molar-refractivity contribution in [2.24, 2.45) is 0 Å². The number of carbonyl (C=O) groups is 1. The van der Waals surface area contributed by atoms with Crippen LogP contribution in [0.2, 0.25) is 0 Å². The molecule has 0 aliphatic carbocycles. The lowest BCUT2D eigenvalue weighted by Gasteiger charge is -2.07. The summed E-state index contributed by atoms with van der Waals surface area (Å²) in [4.78, 5) is 16.4. The predicted octanol–water partition coefficient (Wildman–Crippen LogP) is 3.63. The zero-order valence-electron chi connectivity index (χ0n) is 16.3. The number of aromatic nitrogens is 2. The summed E-state index contributed by atoms with van der Waals surface area (Å²) in [5.74, 6) is 3.41. The Labute approximate surface area is 172 Å². The number of hydrogen-bond acceptors (Lipinski definition) is 8. The molecule has 9 heteroatoms. The molecule has 0 atom stereocenters. The molecule has 0 saturated heterocycles. The van der Waals surface area contributed by atoms with E-state index < -0.39 is 0 Å². The third-order valence-electron chi connectivity index (χ3n) is 3.94. The van der Waals surface area contributed by atoms with Gasteiger partial charge in [0.1, 0.15) is 5.75 Å². The number of methoxy groups -OCH3 is 3. The summed E-state index contributed by atoms with van der Waals surface area (Å²) in [5, 5.41) is 6.82. The summed E-state index contributed by atoms with van der Waals surface area (Å²) in [6.07, 6.45) is 0. The monoisotopic (exact) mass is 415 g/mol. The maximum Gasteiger partial charge on any atom is 0.236 e. The number of nitrogens with one attached hydrogen (secondary N) is 1. The second-order valence-electron chi connectivity index (χ2n) is 5.85. The van der Waals surface area contributed by atoms with Crippen LogP contribution in [0, 0.1) is 0 Å². The summed E-state index contributed by atoms with van der Waals surface area (Å²) >= 11 is 1.39. The first-order chi connectivity index (χ1) is 14.1. The number of benzene rings is 2. The van der Waals surface area contributed by atoms with E-state index in [1.807, 2.05) is 6.07 Å². The molecule has 1 heterocycles. The number of anilines is 1. The topological polar surface area (TPSA) is 95.7 Å². The molecule has 0 aliphatic heterocycles. The molecule has 0 aliphatic rings. The average Bonchev–Trinajstić information content (AvgIpc) is 3.22. The molecule has 0 saturated carbocycles. The van der Waals surface area contributed by atoms with Gasteiger partial charge in [0.05, 0.1) is 32.8 Å². The lowest BCUT2D eigenvalue weighted by Crippen LogP contribution is -2.14. The van der Waals surface area contributed by atoms with E-state index in [9.17, 15) is 4.79 Å². The van der Waals surface area contributed by atoms with E-state index in [1.54, 1.807) is 57.7 Å². The Morgan fingerprint density at radius 3 is 2.48 bits per heavy atom. The Morgan fingerprint density at radius 1 is 1.03 bits per heavy atom. The van der Waals surface area contributed by atoms with Gasteiger partial charge in [-0.3, -0.25) is 4.79 Å². The van der Waals surface area contributed by atoms with Crippen LogP contribution in [0.1, 0.15) is 5.89 Å². The van der Waals surface area contributed by atoms with Gasteiger partial charge in [-0.2, -0.15) is 4.98 Å². The van der Waals surface area contributed by atoms with Gasteiger partial charge < -0.3 is 24.1 Å². The van der Waals surface area contributed by atoms with Crippen molar-refractivity contribution in [1.29, 1.82) is 0 Å². The first-order valence-electron chi connectivity index (χ1n) is 8.69. The van der Waals surface area contributed by atoms with Gasteiger partial charge in [0.25, 0.3) is 0 Å². The molecule has 0 fully saturated rings. The third-order valence-corrected chi connectivity index (χ3v) is 4.86. The molecule has 0 unspecified atom stereocenters.